The molecule has 14 heteroatoms. The number of anilines is 1. The van der Waals surface area contributed by atoms with Crippen LogP contribution in [0.3, 0.4) is 0 Å². The first kappa shape index (κ1) is 31.8. The van der Waals surface area contributed by atoms with Crippen LogP contribution in [0.25, 0.3) is 0 Å². The van der Waals surface area contributed by atoms with Crippen molar-refractivity contribution in [1.82, 2.24) is 16.0 Å². The number of nitrogens with two attached hydrogens (primary N) is 2. The van der Waals surface area contributed by atoms with Crippen LogP contribution in [0.15, 0.2) is 24.3 Å². The zero-order valence-electron chi connectivity index (χ0n) is 21.4. The second-order valence-corrected chi connectivity index (χ2v) is 8.85. The minimum Gasteiger partial charge on any atom is -0.481 e. The summed E-state index contributed by atoms with van der Waals surface area (Å²) in [6.07, 6.45) is -0.197. The number of urea groups is 1. The Bertz CT molecular complexity index is 969. The highest BCUT2D eigenvalue weighted by molar-refractivity contribution is 5.97. The Morgan fingerprint density at radius 1 is 1.03 bits per heavy atom. The van der Waals surface area contributed by atoms with Gasteiger partial charge in [0.1, 0.15) is 18.9 Å². The molecule has 210 valence electrons. The molecule has 0 spiro atoms. The van der Waals surface area contributed by atoms with Gasteiger partial charge in [0.05, 0.1) is 12.1 Å². The largest absolute Gasteiger partial charge is 0.481 e. The fourth-order valence-electron chi connectivity index (χ4n) is 3.07. The minimum absolute atomic E-state index is 0.0607. The molecule has 0 aliphatic carbocycles. The average molecular weight is 537 g/mol. The van der Waals surface area contributed by atoms with E-state index >= 15 is 0 Å². The van der Waals surface area contributed by atoms with Crippen molar-refractivity contribution < 1.29 is 38.6 Å². The lowest BCUT2D eigenvalue weighted by Crippen LogP contribution is -2.51. The second-order valence-electron chi connectivity index (χ2n) is 8.85. The van der Waals surface area contributed by atoms with Crippen LogP contribution in [0.1, 0.15) is 45.1 Å². The summed E-state index contributed by atoms with van der Waals surface area (Å²) in [5, 5.41) is 18.7. The lowest BCUT2D eigenvalue weighted by molar-refractivity contribution is -0.137. The molecule has 1 aromatic carbocycles. The number of benzene rings is 1. The molecule has 0 bridgehead atoms. The molecule has 0 aliphatic heterocycles. The SMILES string of the molecule is CC(C)[C@H](N)C(=O)N[C@@H](CCCNC(N)=O)C(=O)Nc1ccc(COC(=O)NC(C=O)CCC(=O)O)cc1. The van der Waals surface area contributed by atoms with Crippen LogP contribution in [-0.4, -0.2) is 66.0 Å². The Balaban J connectivity index is 2.69. The number of hydrogen-bond acceptors (Lipinski definition) is 8. The molecule has 38 heavy (non-hydrogen) atoms. The van der Waals surface area contributed by atoms with Gasteiger partial charge in [-0.25, -0.2) is 9.59 Å². The Morgan fingerprint density at radius 3 is 2.24 bits per heavy atom. The number of hydrogen-bond donors (Lipinski definition) is 7. The van der Waals surface area contributed by atoms with Crippen LogP contribution in [-0.2, 0) is 30.5 Å². The van der Waals surface area contributed by atoms with Crippen molar-refractivity contribution in [2.24, 2.45) is 17.4 Å². The predicted octanol–water partition coefficient (Wildman–Crippen LogP) is 0.200. The standard InChI is InChI=1S/C24H36N6O8/c1-14(2)20(25)22(35)30-18(4-3-11-27-23(26)36)21(34)28-16-7-5-15(6-8-16)13-38-24(37)29-17(12-31)9-10-19(32)33/h5-8,12,14,17-18,20H,3-4,9-11,13,25H2,1-2H3,(H,28,34)(H,29,37)(H,30,35)(H,32,33)(H3,26,27,36)/t17?,18-,20-/m0/s1. The molecular formula is C24H36N6O8. The van der Waals surface area contributed by atoms with Crippen molar-refractivity contribution in [3.8, 4) is 0 Å². The van der Waals surface area contributed by atoms with Gasteiger partial charge in [-0.05, 0) is 42.9 Å². The summed E-state index contributed by atoms with van der Waals surface area (Å²) in [5.41, 5.74) is 11.9. The van der Waals surface area contributed by atoms with Gasteiger partial charge in [-0.2, -0.15) is 0 Å². The molecule has 0 aromatic heterocycles. The van der Waals surface area contributed by atoms with Crippen LogP contribution in [0.2, 0.25) is 0 Å². The summed E-state index contributed by atoms with van der Waals surface area (Å²) in [6, 6.07) is 2.95. The molecular weight excluding hydrogens is 500 g/mol. The molecule has 5 amide bonds. The van der Waals surface area contributed by atoms with Crippen LogP contribution in [0.5, 0.6) is 0 Å². The van der Waals surface area contributed by atoms with Gasteiger partial charge in [0.25, 0.3) is 0 Å². The maximum atomic E-state index is 12.9. The van der Waals surface area contributed by atoms with Gasteiger partial charge in [0, 0.05) is 18.7 Å². The number of ether oxygens (including phenoxy) is 1. The number of aliphatic carboxylic acids is 1. The summed E-state index contributed by atoms with van der Waals surface area (Å²) in [5.74, 6) is -2.19. The van der Waals surface area contributed by atoms with Crippen LogP contribution >= 0.6 is 0 Å². The molecule has 1 rings (SSSR count). The molecule has 3 atom stereocenters. The highest BCUT2D eigenvalue weighted by Crippen LogP contribution is 2.12. The summed E-state index contributed by atoms with van der Waals surface area (Å²) < 4.78 is 5.04. The van der Waals surface area contributed by atoms with Gasteiger partial charge in [0.15, 0.2) is 0 Å². The quantitative estimate of drug-likeness (QED) is 0.113. The van der Waals surface area contributed by atoms with E-state index in [1.54, 1.807) is 38.1 Å². The molecule has 1 unspecified atom stereocenters. The number of rotatable bonds is 16. The molecule has 0 heterocycles. The van der Waals surface area contributed by atoms with E-state index in [0.717, 1.165) is 0 Å². The summed E-state index contributed by atoms with van der Waals surface area (Å²) >= 11 is 0. The average Bonchev–Trinajstić information content (AvgIpc) is 2.86. The van der Waals surface area contributed by atoms with Gasteiger partial charge in [-0.1, -0.05) is 26.0 Å². The Hall–Kier alpha value is -4.20. The topological polar surface area (TPSA) is 232 Å². The van der Waals surface area contributed by atoms with Crippen molar-refractivity contribution >= 4 is 41.9 Å². The first-order chi connectivity index (χ1) is 17.9. The van der Waals surface area contributed by atoms with Gasteiger partial charge >= 0.3 is 18.1 Å². The number of alkyl carbamates (subject to hydrolysis) is 1. The molecule has 1 aromatic rings. The fourth-order valence-corrected chi connectivity index (χ4v) is 3.07. The highest BCUT2D eigenvalue weighted by atomic mass is 16.5. The molecule has 14 nitrogen and oxygen atoms in total. The Labute approximate surface area is 220 Å². The van der Waals surface area contributed by atoms with Gasteiger partial charge in [-0.3, -0.25) is 14.4 Å². The number of carboxylic acid groups (broad SMARTS) is 1. The monoisotopic (exact) mass is 536 g/mol. The molecule has 0 radical (unpaired) electrons. The van der Waals surface area contributed by atoms with E-state index in [0.29, 0.717) is 24.0 Å². The third-order valence-electron chi connectivity index (χ3n) is 5.35. The Kier molecular flexibility index (Phi) is 13.8. The van der Waals surface area contributed by atoms with E-state index in [1.807, 2.05) is 0 Å². The molecule has 9 N–H and O–H groups in total. The molecule has 0 fully saturated rings. The van der Waals surface area contributed by atoms with E-state index in [-0.39, 0.29) is 38.3 Å². The number of amides is 5. The van der Waals surface area contributed by atoms with Crippen LogP contribution < -0.4 is 32.7 Å². The summed E-state index contributed by atoms with van der Waals surface area (Å²) in [6.45, 7) is 3.65. The van der Waals surface area contributed by atoms with E-state index in [2.05, 4.69) is 21.3 Å². The third kappa shape index (κ3) is 12.7. The maximum Gasteiger partial charge on any atom is 0.408 e. The molecule has 0 aliphatic rings. The van der Waals surface area contributed by atoms with Crippen molar-refractivity contribution in [2.45, 2.75) is 64.3 Å². The van der Waals surface area contributed by atoms with Gasteiger partial charge in [0.2, 0.25) is 11.8 Å². The van der Waals surface area contributed by atoms with Crippen LogP contribution in [0.4, 0.5) is 15.3 Å². The highest BCUT2D eigenvalue weighted by Gasteiger charge is 2.25. The number of carboxylic acids is 1. The zero-order chi connectivity index (χ0) is 28.7. The van der Waals surface area contributed by atoms with E-state index < -0.39 is 48.0 Å². The van der Waals surface area contributed by atoms with E-state index in [1.165, 1.54) is 0 Å². The normalized spacial score (nSPS) is 12.9. The van der Waals surface area contributed by atoms with Crippen molar-refractivity contribution in [2.75, 3.05) is 11.9 Å². The summed E-state index contributed by atoms with van der Waals surface area (Å²) in [7, 11) is 0. The lowest BCUT2D eigenvalue weighted by atomic mass is 10.0. The zero-order valence-corrected chi connectivity index (χ0v) is 21.4. The molecule has 0 saturated heterocycles. The fraction of sp³-hybridized carbons (Fsp3) is 0.500. The van der Waals surface area contributed by atoms with Gasteiger partial charge in [-0.15, -0.1) is 0 Å². The smallest absolute Gasteiger partial charge is 0.408 e. The first-order valence-electron chi connectivity index (χ1n) is 12.0. The second kappa shape index (κ2) is 16.5. The van der Waals surface area contributed by atoms with Crippen molar-refractivity contribution in [3.05, 3.63) is 29.8 Å². The third-order valence-corrected chi connectivity index (χ3v) is 5.35. The van der Waals surface area contributed by atoms with E-state index in [4.69, 9.17) is 21.3 Å². The van der Waals surface area contributed by atoms with Crippen molar-refractivity contribution in [1.29, 1.82) is 0 Å². The number of carbonyl (C=O) groups excluding carboxylic acids is 5. The summed E-state index contributed by atoms with van der Waals surface area (Å²) in [4.78, 5) is 69.6. The lowest BCUT2D eigenvalue weighted by Gasteiger charge is -2.22. The molecule has 0 saturated carbocycles. The first-order valence-corrected chi connectivity index (χ1v) is 12.0. The number of carbonyl (C=O) groups is 6. The van der Waals surface area contributed by atoms with Crippen LogP contribution in [0, 0.1) is 5.92 Å². The van der Waals surface area contributed by atoms with Gasteiger partial charge < -0.3 is 47.4 Å². The maximum absolute atomic E-state index is 12.9. The van der Waals surface area contributed by atoms with E-state index in [9.17, 15) is 28.8 Å². The number of aldehydes is 1. The number of primary amides is 1. The predicted molar refractivity (Wildman–Crippen MR) is 137 cm³/mol. The number of nitrogens with one attached hydrogen (secondary N) is 4. The van der Waals surface area contributed by atoms with Crippen molar-refractivity contribution in [3.63, 3.8) is 0 Å². The minimum atomic E-state index is -1.09. The Morgan fingerprint density at radius 2 is 1.68 bits per heavy atom.